The Morgan fingerprint density at radius 1 is 1.41 bits per heavy atom. The molecule has 1 aromatic carbocycles. The molecule has 0 unspecified atom stereocenters. The molecule has 0 fully saturated rings. The number of rotatable bonds is 6. The van der Waals surface area contributed by atoms with Gasteiger partial charge in [0.1, 0.15) is 0 Å². The van der Waals surface area contributed by atoms with Crippen molar-refractivity contribution >= 4 is 17.3 Å². The lowest BCUT2D eigenvalue weighted by Crippen LogP contribution is -2.24. The Bertz CT molecular complexity index is 355. The molecule has 0 bridgehead atoms. The maximum atomic E-state index is 6.11. The molecule has 0 saturated carbocycles. The van der Waals surface area contributed by atoms with Crippen LogP contribution >= 0.6 is 11.6 Å². The number of hydrogen-bond donors (Lipinski definition) is 1. The SMILES string of the molecule is CC(C)OCCN(C)Cc1cc(N)ccc1Cl. The van der Waals surface area contributed by atoms with E-state index in [2.05, 4.69) is 4.90 Å². The van der Waals surface area contributed by atoms with Gasteiger partial charge in [-0.1, -0.05) is 11.6 Å². The topological polar surface area (TPSA) is 38.5 Å². The third kappa shape index (κ3) is 5.39. The van der Waals surface area contributed by atoms with Crippen LogP contribution in [-0.4, -0.2) is 31.2 Å². The number of likely N-dealkylation sites (N-methyl/N-ethyl adjacent to an activating group) is 1. The van der Waals surface area contributed by atoms with Gasteiger partial charge in [-0.15, -0.1) is 0 Å². The van der Waals surface area contributed by atoms with Crippen molar-refractivity contribution in [3.8, 4) is 0 Å². The van der Waals surface area contributed by atoms with E-state index in [1.54, 1.807) is 0 Å². The van der Waals surface area contributed by atoms with E-state index in [0.29, 0.717) is 0 Å². The minimum Gasteiger partial charge on any atom is -0.399 e. The van der Waals surface area contributed by atoms with Crippen LogP contribution in [0.3, 0.4) is 0 Å². The van der Waals surface area contributed by atoms with Gasteiger partial charge in [0.2, 0.25) is 0 Å². The molecule has 0 spiro atoms. The van der Waals surface area contributed by atoms with Crippen molar-refractivity contribution in [3.63, 3.8) is 0 Å². The van der Waals surface area contributed by atoms with Gasteiger partial charge in [0.05, 0.1) is 12.7 Å². The quantitative estimate of drug-likeness (QED) is 0.796. The Labute approximate surface area is 109 Å². The minimum atomic E-state index is 0.277. The molecular weight excluding hydrogens is 236 g/mol. The summed E-state index contributed by atoms with van der Waals surface area (Å²) in [5.74, 6) is 0. The second kappa shape index (κ2) is 6.84. The zero-order valence-corrected chi connectivity index (χ0v) is 11.5. The fourth-order valence-corrected chi connectivity index (χ4v) is 1.71. The molecule has 0 aliphatic rings. The number of ether oxygens (including phenoxy) is 1. The standard InChI is InChI=1S/C13H21ClN2O/c1-10(2)17-7-6-16(3)9-11-8-12(15)4-5-13(11)14/h4-5,8,10H,6-7,9,15H2,1-3H3. The van der Waals surface area contributed by atoms with Gasteiger partial charge in [-0.2, -0.15) is 0 Å². The average molecular weight is 257 g/mol. The number of nitrogens with zero attached hydrogens (tertiary/aromatic N) is 1. The summed E-state index contributed by atoms with van der Waals surface area (Å²) in [6.45, 7) is 6.46. The predicted molar refractivity (Wildman–Crippen MR) is 73.3 cm³/mol. The molecule has 0 atom stereocenters. The molecule has 0 aromatic heterocycles. The van der Waals surface area contributed by atoms with E-state index in [1.807, 2.05) is 39.1 Å². The molecule has 0 heterocycles. The zero-order valence-electron chi connectivity index (χ0n) is 10.7. The highest BCUT2D eigenvalue weighted by molar-refractivity contribution is 6.31. The van der Waals surface area contributed by atoms with Crippen LogP contribution in [0.5, 0.6) is 0 Å². The highest BCUT2D eigenvalue weighted by Crippen LogP contribution is 2.19. The van der Waals surface area contributed by atoms with Crippen LogP contribution in [0.2, 0.25) is 5.02 Å². The number of anilines is 1. The van der Waals surface area contributed by atoms with Crippen LogP contribution in [0.25, 0.3) is 0 Å². The van der Waals surface area contributed by atoms with E-state index in [9.17, 15) is 0 Å². The summed E-state index contributed by atoms with van der Waals surface area (Å²) in [4.78, 5) is 2.17. The van der Waals surface area contributed by atoms with Gasteiger partial charge in [-0.05, 0) is 44.7 Å². The molecule has 0 aliphatic carbocycles. The number of hydrogen-bond acceptors (Lipinski definition) is 3. The second-order valence-electron chi connectivity index (χ2n) is 4.51. The summed E-state index contributed by atoms with van der Waals surface area (Å²) in [5.41, 5.74) is 7.54. The minimum absolute atomic E-state index is 0.277. The summed E-state index contributed by atoms with van der Waals surface area (Å²) in [6.07, 6.45) is 0.277. The van der Waals surface area contributed by atoms with Gasteiger partial charge in [0, 0.05) is 23.8 Å². The fourth-order valence-electron chi connectivity index (χ4n) is 1.53. The molecule has 96 valence electrons. The average Bonchev–Trinajstić information content (AvgIpc) is 2.23. The molecule has 3 nitrogen and oxygen atoms in total. The summed E-state index contributed by atoms with van der Waals surface area (Å²) < 4.78 is 5.50. The van der Waals surface area contributed by atoms with Crippen molar-refractivity contribution in [2.24, 2.45) is 0 Å². The number of nitrogens with two attached hydrogens (primary N) is 1. The van der Waals surface area contributed by atoms with Gasteiger partial charge in [0.25, 0.3) is 0 Å². The van der Waals surface area contributed by atoms with Gasteiger partial charge in [-0.3, -0.25) is 4.90 Å². The maximum absolute atomic E-state index is 6.11. The Balaban J connectivity index is 2.44. The molecule has 1 rings (SSSR count). The number of halogens is 1. The van der Waals surface area contributed by atoms with E-state index in [-0.39, 0.29) is 6.10 Å². The lowest BCUT2D eigenvalue weighted by atomic mass is 10.2. The van der Waals surface area contributed by atoms with E-state index >= 15 is 0 Å². The first-order valence-electron chi connectivity index (χ1n) is 5.83. The Morgan fingerprint density at radius 3 is 2.76 bits per heavy atom. The van der Waals surface area contributed by atoms with Crippen molar-refractivity contribution in [3.05, 3.63) is 28.8 Å². The van der Waals surface area contributed by atoms with Gasteiger partial charge in [-0.25, -0.2) is 0 Å². The van der Waals surface area contributed by atoms with Crippen molar-refractivity contribution in [2.45, 2.75) is 26.5 Å². The van der Waals surface area contributed by atoms with E-state index in [1.165, 1.54) is 0 Å². The normalized spacial score (nSPS) is 11.4. The highest BCUT2D eigenvalue weighted by atomic mass is 35.5. The highest BCUT2D eigenvalue weighted by Gasteiger charge is 2.05. The van der Waals surface area contributed by atoms with Crippen LogP contribution in [0.1, 0.15) is 19.4 Å². The molecule has 0 aliphatic heterocycles. The zero-order chi connectivity index (χ0) is 12.8. The first kappa shape index (κ1) is 14.3. The Kier molecular flexibility index (Phi) is 5.75. The van der Waals surface area contributed by atoms with Gasteiger partial charge >= 0.3 is 0 Å². The Hall–Kier alpha value is -0.770. The first-order valence-corrected chi connectivity index (χ1v) is 6.21. The molecule has 0 saturated heterocycles. The maximum Gasteiger partial charge on any atom is 0.0596 e. The largest absolute Gasteiger partial charge is 0.399 e. The van der Waals surface area contributed by atoms with Crippen LogP contribution in [0, 0.1) is 0 Å². The summed E-state index contributed by atoms with van der Waals surface area (Å²) in [5, 5.41) is 0.760. The van der Waals surface area contributed by atoms with Crippen LogP contribution < -0.4 is 5.73 Å². The monoisotopic (exact) mass is 256 g/mol. The van der Waals surface area contributed by atoms with Gasteiger partial charge in [0.15, 0.2) is 0 Å². The molecule has 17 heavy (non-hydrogen) atoms. The second-order valence-corrected chi connectivity index (χ2v) is 4.92. The molecule has 1 aromatic rings. The summed E-state index contributed by atoms with van der Waals surface area (Å²) in [6, 6.07) is 5.57. The molecule has 0 radical (unpaired) electrons. The molecular formula is C13H21ClN2O. The van der Waals surface area contributed by atoms with Crippen molar-refractivity contribution < 1.29 is 4.74 Å². The van der Waals surface area contributed by atoms with Crippen LogP contribution in [-0.2, 0) is 11.3 Å². The smallest absolute Gasteiger partial charge is 0.0596 e. The molecule has 0 amide bonds. The first-order chi connectivity index (χ1) is 7.99. The van der Waals surface area contributed by atoms with E-state index in [4.69, 9.17) is 22.1 Å². The molecule has 4 heteroatoms. The third-order valence-corrected chi connectivity index (χ3v) is 2.80. The summed E-state index contributed by atoms with van der Waals surface area (Å²) in [7, 11) is 2.04. The summed E-state index contributed by atoms with van der Waals surface area (Å²) >= 11 is 6.11. The van der Waals surface area contributed by atoms with Crippen molar-refractivity contribution in [2.75, 3.05) is 25.9 Å². The third-order valence-electron chi connectivity index (χ3n) is 2.43. The Morgan fingerprint density at radius 2 is 2.12 bits per heavy atom. The predicted octanol–water partition coefficient (Wildman–Crippen LogP) is 2.78. The van der Waals surface area contributed by atoms with Crippen LogP contribution in [0.4, 0.5) is 5.69 Å². The fraction of sp³-hybridized carbons (Fsp3) is 0.538. The van der Waals surface area contributed by atoms with Gasteiger partial charge < -0.3 is 10.5 Å². The van der Waals surface area contributed by atoms with E-state index < -0.39 is 0 Å². The van der Waals surface area contributed by atoms with E-state index in [0.717, 1.165) is 36.0 Å². The lowest BCUT2D eigenvalue weighted by Gasteiger charge is -2.18. The number of benzene rings is 1. The van der Waals surface area contributed by atoms with Crippen molar-refractivity contribution in [1.29, 1.82) is 0 Å². The lowest BCUT2D eigenvalue weighted by molar-refractivity contribution is 0.0627. The van der Waals surface area contributed by atoms with Crippen molar-refractivity contribution in [1.82, 2.24) is 4.90 Å². The van der Waals surface area contributed by atoms with Crippen LogP contribution in [0.15, 0.2) is 18.2 Å². The number of nitrogen functional groups attached to an aromatic ring is 1. The molecule has 2 N–H and O–H groups in total.